The lowest BCUT2D eigenvalue weighted by Crippen LogP contribution is -2.45. The van der Waals surface area contributed by atoms with E-state index in [-0.39, 0.29) is 11.8 Å². The molecule has 1 amide bonds. The smallest absolute Gasteiger partial charge is 0.271 e. The average molecular weight is 315 g/mol. The predicted octanol–water partition coefficient (Wildman–Crippen LogP) is 1.93. The van der Waals surface area contributed by atoms with Crippen molar-refractivity contribution in [2.75, 3.05) is 20.2 Å². The molecule has 122 valence electrons. The lowest BCUT2D eigenvalue weighted by Gasteiger charge is -2.33. The van der Waals surface area contributed by atoms with Crippen molar-refractivity contribution in [1.82, 2.24) is 15.1 Å². The number of hydrogen-bond donors (Lipinski definition) is 2. The Balaban J connectivity index is 1.80. The van der Waals surface area contributed by atoms with Gasteiger partial charge in [0.25, 0.3) is 5.91 Å². The van der Waals surface area contributed by atoms with Gasteiger partial charge in [0, 0.05) is 18.7 Å². The molecule has 6 nitrogen and oxygen atoms in total. The van der Waals surface area contributed by atoms with Crippen LogP contribution < -0.4 is 4.74 Å². The maximum atomic E-state index is 12.6. The minimum absolute atomic E-state index is 0.135. The van der Waals surface area contributed by atoms with E-state index in [9.17, 15) is 9.90 Å². The number of carbonyl (C=O) groups is 1. The van der Waals surface area contributed by atoms with Gasteiger partial charge >= 0.3 is 0 Å². The number of aromatic nitrogens is 2. The molecule has 1 aliphatic heterocycles. The number of benzene rings is 1. The summed E-state index contributed by atoms with van der Waals surface area (Å²) >= 11 is 0. The minimum atomic E-state index is -0.468. The first-order valence-corrected chi connectivity index (χ1v) is 7.76. The van der Waals surface area contributed by atoms with Crippen molar-refractivity contribution in [1.29, 1.82) is 0 Å². The molecule has 0 saturated carbocycles. The van der Waals surface area contributed by atoms with E-state index in [1.807, 2.05) is 31.2 Å². The first-order valence-electron chi connectivity index (χ1n) is 7.76. The number of methoxy groups -OCH3 is 1. The van der Waals surface area contributed by atoms with E-state index in [0.29, 0.717) is 30.2 Å². The van der Waals surface area contributed by atoms with Gasteiger partial charge in [-0.05, 0) is 30.5 Å². The van der Waals surface area contributed by atoms with E-state index in [1.54, 1.807) is 18.1 Å². The molecule has 2 atom stereocenters. The summed E-state index contributed by atoms with van der Waals surface area (Å²) in [6.07, 6.45) is 0.338. The molecule has 3 rings (SSSR count). The zero-order valence-electron chi connectivity index (χ0n) is 13.3. The zero-order valence-corrected chi connectivity index (χ0v) is 13.3. The van der Waals surface area contributed by atoms with Crippen molar-refractivity contribution < 1.29 is 14.6 Å². The summed E-state index contributed by atoms with van der Waals surface area (Å²) in [5, 5.41) is 17.0. The number of aliphatic hydroxyl groups excluding tert-OH is 1. The third-order valence-electron chi connectivity index (χ3n) is 4.40. The Morgan fingerprint density at radius 1 is 1.43 bits per heavy atom. The van der Waals surface area contributed by atoms with Crippen LogP contribution in [0.3, 0.4) is 0 Å². The fourth-order valence-corrected chi connectivity index (χ4v) is 2.83. The van der Waals surface area contributed by atoms with E-state index in [4.69, 9.17) is 4.74 Å². The SMILES string of the molecule is COc1ccccc1-c1cc(C(=O)N2CCC(C)C(O)C2)[nH]n1. The lowest BCUT2D eigenvalue weighted by molar-refractivity contribution is 0.0245. The quantitative estimate of drug-likeness (QED) is 0.907. The van der Waals surface area contributed by atoms with Gasteiger partial charge in [0.15, 0.2) is 0 Å². The average Bonchev–Trinajstić information content (AvgIpc) is 3.06. The second-order valence-corrected chi connectivity index (χ2v) is 5.95. The Labute approximate surface area is 135 Å². The third-order valence-corrected chi connectivity index (χ3v) is 4.40. The summed E-state index contributed by atoms with van der Waals surface area (Å²) in [4.78, 5) is 14.2. The highest BCUT2D eigenvalue weighted by atomic mass is 16.5. The second kappa shape index (κ2) is 6.42. The van der Waals surface area contributed by atoms with Gasteiger partial charge in [-0.1, -0.05) is 19.1 Å². The molecule has 1 fully saturated rings. The molecule has 2 unspecified atom stereocenters. The monoisotopic (exact) mass is 315 g/mol. The maximum absolute atomic E-state index is 12.6. The van der Waals surface area contributed by atoms with Crippen LogP contribution in [0.1, 0.15) is 23.8 Å². The topological polar surface area (TPSA) is 78.5 Å². The second-order valence-electron chi connectivity index (χ2n) is 5.95. The van der Waals surface area contributed by atoms with Crippen molar-refractivity contribution in [2.24, 2.45) is 5.92 Å². The van der Waals surface area contributed by atoms with Crippen LogP contribution in [0.2, 0.25) is 0 Å². The van der Waals surface area contributed by atoms with E-state index in [1.165, 1.54) is 0 Å². The molecule has 2 heterocycles. The highest BCUT2D eigenvalue weighted by molar-refractivity contribution is 5.93. The van der Waals surface area contributed by atoms with Crippen LogP contribution in [0.25, 0.3) is 11.3 Å². The highest BCUT2D eigenvalue weighted by Gasteiger charge is 2.28. The van der Waals surface area contributed by atoms with Gasteiger partial charge in [0.05, 0.1) is 18.9 Å². The van der Waals surface area contributed by atoms with Crippen molar-refractivity contribution >= 4 is 5.91 Å². The molecule has 1 aliphatic rings. The van der Waals surface area contributed by atoms with E-state index >= 15 is 0 Å². The van der Waals surface area contributed by atoms with Crippen LogP contribution >= 0.6 is 0 Å². The Morgan fingerprint density at radius 2 is 2.22 bits per heavy atom. The lowest BCUT2D eigenvalue weighted by atomic mass is 9.96. The number of para-hydroxylation sites is 1. The molecule has 1 saturated heterocycles. The number of nitrogens with one attached hydrogen (secondary N) is 1. The molecule has 6 heteroatoms. The summed E-state index contributed by atoms with van der Waals surface area (Å²) in [6.45, 7) is 3.02. The number of carbonyl (C=O) groups excluding carboxylic acids is 1. The first kappa shape index (κ1) is 15.6. The van der Waals surface area contributed by atoms with Gasteiger partial charge < -0.3 is 14.7 Å². The van der Waals surface area contributed by atoms with Gasteiger partial charge in [-0.3, -0.25) is 9.89 Å². The van der Waals surface area contributed by atoms with Crippen molar-refractivity contribution in [3.63, 3.8) is 0 Å². The van der Waals surface area contributed by atoms with Crippen molar-refractivity contribution in [2.45, 2.75) is 19.4 Å². The van der Waals surface area contributed by atoms with Gasteiger partial charge in [0.1, 0.15) is 11.4 Å². The molecule has 0 aliphatic carbocycles. The number of aliphatic hydroxyl groups is 1. The molecule has 23 heavy (non-hydrogen) atoms. The van der Waals surface area contributed by atoms with Crippen molar-refractivity contribution in [3.05, 3.63) is 36.0 Å². The molecule has 2 N–H and O–H groups in total. The van der Waals surface area contributed by atoms with Crippen LogP contribution in [0.5, 0.6) is 5.75 Å². The van der Waals surface area contributed by atoms with Gasteiger partial charge in [-0.2, -0.15) is 5.10 Å². The number of likely N-dealkylation sites (tertiary alicyclic amines) is 1. The van der Waals surface area contributed by atoms with Crippen LogP contribution in [0.4, 0.5) is 0 Å². The summed E-state index contributed by atoms with van der Waals surface area (Å²) in [5.74, 6) is 0.801. The Morgan fingerprint density at radius 3 is 2.96 bits per heavy atom. The maximum Gasteiger partial charge on any atom is 0.271 e. The predicted molar refractivity (Wildman–Crippen MR) is 86.3 cm³/mol. The van der Waals surface area contributed by atoms with Gasteiger partial charge in [-0.25, -0.2) is 0 Å². The van der Waals surface area contributed by atoms with Crippen LogP contribution in [-0.2, 0) is 0 Å². The van der Waals surface area contributed by atoms with E-state index < -0.39 is 6.10 Å². The number of aromatic amines is 1. The number of amides is 1. The van der Waals surface area contributed by atoms with E-state index in [0.717, 1.165) is 12.0 Å². The zero-order chi connectivity index (χ0) is 16.4. The fraction of sp³-hybridized carbons (Fsp3) is 0.412. The molecule has 0 bridgehead atoms. The summed E-state index contributed by atoms with van der Waals surface area (Å²) in [7, 11) is 1.60. The normalized spacial score (nSPS) is 21.3. The Kier molecular flexibility index (Phi) is 4.34. The number of piperidine rings is 1. The van der Waals surface area contributed by atoms with Crippen LogP contribution in [0.15, 0.2) is 30.3 Å². The molecular weight excluding hydrogens is 294 g/mol. The number of ether oxygens (including phenoxy) is 1. The first-order chi connectivity index (χ1) is 11.1. The Hall–Kier alpha value is -2.34. The molecule has 0 radical (unpaired) electrons. The van der Waals surface area contributed by atoms with Gasteiger partial charge in [0.2, 0.25) is 0 Å². The summed E-state index contributed by atoms with van der Waals surface area (Å²) < 4.78 is 5.33. The van der Waals surface area contributed by atoms with Crippen LogP contribution in [-0.4, -0.2) is 52.4 Å². The van der Waals surface area contributed by atoms with Crippen molar-refractivity contribution in [3.8, 4) is 17.0 Å². The van der Waals surface area contributed by atoms with Crippen LogP contribution in [0, 0.1) is 5.92 Å². The number of hydrogen-bond acceptors (Lipinski definition) is 4. The molecule has 1 aromatic carbocycles. The Bertz CT molecular complexity index is 698. The van der Waals surface area contributed by atoms with E-state index in [2.05, 4.69) is 10.2 Å². The third kappa shape index (κ3) is 3.07. The standard InChI is InChI=1S/C17H21N3O3/c1-11-7-8-20(10-15(11)21)17(22)14-9-13(18-19-14)12-5-3-4-6-16(12)23-2/h3-6,9,11,15,21H,7-8,10H2,1-2H3,(H,18,19). The molecule has 0 spiro atoms. The largest absolute Gasteiger partial charge is 0.496 e. The number of β-amino-alcohol motifs (C(OH)–C–C–N with tert-alkyl or cyclic N) is 1. The fourth-order valence-electron chi connectivity index (χ4n) is 2.83. The van der Waals surface area contributed by atoms with Gasteiger partial charge in [-0.15, -0.1) is 0 Å². The highest BCUT2D eigenvalue weighted by Crippen LogP contribution is 2.28. The molecular formula is C17H21N3O3. The number of H-pyrrole nitrogens is 1. The minimum Gasteiger partial charge on any atom is -0.496 e. The molecule has 1 aromatic heterocycles. The summed E-state index contributed by atoms with van der Waals surface area (Å²) in [5.41, 5.74) is 1.92. The molecule has 2 aromatic rings. The number of rotatable bonds is 3. The number of nitrogens with zero attached hydrogens (tertiary/aromatic N) is 2. The summed E-state index contributed by atoms with van der Waals surface area (Å²) in [6, 6.07) is 9.27.